The second-order valence-electron chi connectivity index (χ2n) is 10.9. The third-order valence-electron chi connectivity index (χ3n) is 6.89. The summed E-state index contributed by atoms with van der Waals surface area (Å²) < 4.78 is 16.5. The van der Waals surface area contributed by atoms with Crippen LogP contribution in [0.25, 0.3) is 0 Å². The second kappa shape index (κ2) is 14.3. The smallest absolute Gasteiger partial charge is 0.410 e. The van der Waals surface area contributed by atoms with Gasteiger partial charge in [-0.3, -0.25) is 9.59 Å². The van der Waals surface area contributed by atoms with Gasteiger partial charge in [-0.1, -0.05) is 46.1 Å². The molecular weight excluding hydrogens is 494 g/mol. The van der Waals surface area contributed by atoms with E-state index in [1.54, 1.807) is 7.05 Å². The number of ether oxygens (including phenoxy) is 2. The minimum Gasteiger partial charge on any atom is -0.445 e. The first-order chi connectivity index (χ1) is 17.1. The predicted octanol–water partition coefficient (Wildman–Crippen LogP) is 3.74. The SMILES string of the molecule is C=CCOC(=O)N(C)CCN(CCC(=O)C[C@H]1NC(=O)[C@@H]1[C@@H](C)O[Si](C)(C)C(C)(C)C)C(=O)OCC=C. The molecule has 1 heterocycles. The van der Waals surface area contributed by atoms with Crippen molar-refractivity contribution in [2.24, 2.45) is 5.92 Å². The van der Waals surface area contributed by atoms with Gasteiger partial charge in [0.2, 0.25) is 5.91 Å². The van der Waals surface area contributed by atoms with Crippen LogP contribution in [0, 0.1) is 5.92 Å². The normalized spacial score (nSPS) is 18.1. The summed E-state index contributed by atoms with van der Waals surface area (Å²) in [5, 5.41) is 2.84. The minimum atomic E-state index is -2.07. The van der Waals surface area contributed by atoms with Crippen molar-refractivity contribution in [3.8, 4) is 0 Å². The summed E-state index contributed by atoms with van der Waals surface area (Å²) in [7, 11) is -0.520. The van der Waals surface area contributed by atoms with Crippen molar-refractivity contribution in [1.82, 2.24) is 15.1 Å². The van der Waals surface area contributed by atoms with Crippen LogP contribution in [0.15, 0.2) is 25.3 Å². The van der Waals surface area contributed by atoms with Gasteiger partial charge in [0.25, 0.3) is 0 Å². The zero-order chi connectivity index (χ0) is 28.4. The lowest BCUT2D eigenvalue weighted by molar-refractivity contribution is -0.141. The Hall–Kier alpha value is -2.66. The number of likely N-dealkylation sites (N-methyl/N-ethyl adjacent to an activating group) is 1. The Morgan fingerprint density at radius 2 is 1.62 bits per heavy atom. The van der Waals surface area contributed by atoms with Gasteiger partial charge in [-0.25, -0.2) is 9.59 Å². The molecule has 1 aliphatic rings. The monoisotopic (exact) mass is 539 g/mol. The highest BCUT2D eigenvalue weighted by Crippen LogP contribution is 2.39. The quantitative estimate of drug-likeness (QED) is 0.192. The summed E-state index contributed by atoms with van der Waals surface area (Å²) in [5.74, 6) is -0.582. The molecule has 1 fully saturated rings. The Morgan fingerprint density at radius 3 is 2.14 bits per heavy atom. The number of Topliss-reactive ketones (excluding diaryl/α,β-unsaturated/α-hetero) is 1. The zero-order valence-electron chi connectivity index (χ0n) is 23.5. The van der Waals surface area contributed by atoms with Gasteiger partial charge in [0.05, 0.1) is 12.0 Å². The van der Waals surface area contributed by atoms with Crippen LogP contribution in [0.3, 0.4) is 0 Å². The molecule has 1 rings (SSSR count). The molecule has 37 heavy (non-hydrogen) atoms. The van der Waals surface area contributed by atoms with Crippen molar-refractivity contribution < 1.29 is 33.1 Å². The van der Waals surface area contributed by atoms with Gasteiger partial charge in [-0.15, -0.1) is 0 Å². The lowest BCUT2D eigenvalue weighted by Gasteiger charge is -2.45. The predicted molar refractivity (Wildman–Crippen MR) is 145 cm³/mol. The fourth-order valence-electron chi connectivity index (χ4n) is 3.61. The van der Waals surface area contributed by atoms with Gasteiger partial charge in [-0.05, 0) is 25.1 Å². The van der Waals surface area contributed by atoms with Crippen LogP contribution in [0.5, 0.6) is 0 Å². The summed E-state index contributed by atoms with van der Waals surface area (Å²) in [5.41, 5.74) is 0. The molecule has 3 atom stereocenters. The van der Waals surface area contributed by atoms with E-state index in [1.165, 1.54) is 22.0 Å². The van der Waals surface area contributed by atoms with E-state index in [1.807, 2.05) is 6.92 Å². The van der Waals surface area contributed by atoms with Crippen LogP contribution in [-0.2, 0) is 23.5 Å². The van der Waals surface area contributed by atoms with Crippen molar-refractivity contribution in [1.29, 1.82) is 0 Å². The Morgan fingerprint density at radius 1 is 1.05 bits per heavy atom. The lowest BCUT2D eigenvalue weighted by atomic mass is 9.83. The van der Waals surface area contributed by atoms with Gasteiger partial charge in [-0.2, -0.15) is 0 Å². The number of rotatable bonds is 15. The molecule has 0 aromatic carbocycles. The number of amides is 3. The van der Waals surface area contributed by atoms with E-state index >= 15 is 0 Å². The fraction of sp³-hybridized carbons (Fsp3) is 0.692. The molecule has 0 unspecified atom stereocenters. The molecule has 0 aliphatic carbocycles. The van der Waals surface area contributed by atoms with Crippen molar-refractivity contribution in [2.75, 3.05) is 39.9 Å². The number of hydrogen-bond donors (Lipinski definition) is 1. The molecule has 0 radical (unpaired) electrons. The molecule has 0 saturated carbocycles. The molecule has 0 bridgehead atoms. The fourth-order valence-corrected chi connectivity index (χ4v) is 5.04. The Kier molecular flexibility index (Phi) is 12.5. The summed E-state index contributed by atoms with van der Waals surface area (Å²) in [6, 6.07) is -0.299. The number of hydrogen-bond acceptors (Lipinski definition) is 7. The standard InChI is InChI=1S/C26H45N3O7Si/c1-10-16-34-24(32)28(7)14-15-29(25(33)35-17-11-2)13-12-20(30)18-21-22(23(31)27-21)19(3)36-37(8,9)26(4,5)6/h10-11,19,21-22H,1-2,12-18H2,3-9H3,(H,27,31)/t19-,21-,22-/m1/s1. The van der Waals surface area contributed by atoms with E-state index in [0.29, 0.717) is 0 Å². The van der Waals surface area contributed by atoms with Crippen molar-refractivity contribution in [3.05, 3.63) is 25.3 Å². The first-order valence-electron chi connectivity index (χ1n) is 12.7. The van der Waals surface area contributed by atoms with Gasteiger partial charge in [0.1, 0.15) is 19.0 Å². The summed E-state index contributed by atoms with van der Waals surface area (Å²) in [6.45, 7) is 20.2. The third kappa shape index (κ3) is 9.96. The van der Waals surface area contributed by atoms with E-state index in [-0.39, 0.29) is 80.5 Å². The average Bonchev–Trinajstić information content (AvgIpc) is 2.78. The highest BCUT2D eigenvalue weighted by molar-refractivity contribution is 6.74. The number of nitrogens with one attached hydrogen (secondary N) is 1. The average molecular weight is 540 g/mol. The Labute approximate surface area is 222 Å². The van der Waals surface area contributed by atoms with Gasteiger partial charge in [0.15, 0.2) is 8.32 Å². The van der Waals surface area contributed by atoms with Crippen LogP contribution < -0.4 is 5.32 Å². The maximum Gasteiger partial charge on any atom is 0.410 e. The molecule has 0 aromatic rings. The molecule has 1 N–H and O–H groups in total. The second-order valence-corrected chi connectivity index (χ2v) is 15.6. The Bertz CT molecular complexity index is 841. The van der Waals surface area contributed by atoms with Gasteiger partial charge < -0.3 is 29.0 Å². The van der Waals surface area contributed by atoms with Crippen LogP contribution in [0.2, 0.25) is 18.1 Å². The van der Waals surface area contributed by atoms with Crippen LogP contribution in [0.4, 0.5) is 9.59 Å². The maximum atomic E-state index is 12.8. The minimum absolute atomic E-state index is 0.00687. The number of β-lactam (4-membered cyclic amide) rings is 1. The van der Waals surface area contributed by atoms with Crippen molar-refractivity contribution >= 4 is 32.2 Å². The summed E-state index contributed by atoms with van der Waals surface area (Å²) >= 11 is 0. The summed E-state index contributed by atoms with van der Waals surface area (Å²) in [6.07, 6.45) is 1.71. The number of ketones is 1. The lowest BCUT2D eigenvalue weighted by Crippen LogP contribution is -2.64. The van der Waals surface area contributed by atoms with Crippen molar-refractivity contribution in [3.63, 3.8) is 0 Å². The highest BCUT2D eigenvalue weighted by Gasteiger charge is 2.47. The van der Waals surface area contributed by atoms with Crippen molar-refractivity contribution in [2.45, 2.75) is 70.8 Å². The molecule has 0 spiro atoms. The first-order valence-corrected chi connectivity index (χ1v) is 15.6. The van der Waals surface area contributed by atoms with E-state index in [9.17, 15) is 19.2 Å². The number of nitrogens with zero attached hydrogens (tertiary/aromatic N) is 2. The van der Waals surface area contributed by atoms with Crippen LogP contribution >= 0.6 is 0 Å². The molecular formula is C26H45N3O7Si. The molecule has 3 amide bonds. The molecule has 210 valence electrons. The molecule has 1 aliphatic heterocycles. The highest BCUT2D eigenvalue weighted by atomic mass is 28.4. The largest absolute Gasteiger partial charge is 0.445 e. The van der Waals surface area contributed by atoms with Crippen LogP contribution in [0.1, 0.15) is 40.5 Å². The van der Waals surface area contributed by atoms with Gasteiger partial charge >= 0.3 is 12.2 Å². The molecule has 11 heteroatoms. The Balaban J connectivity index is 2.70. The van der Waals surface area contributed by atoms with Gasteiger partial charge in [0, 0.05) is 45.6 Å². The number of carbonyl (C=O) groups is 4. The molecule has 1 saturated heterocycles. The van der Waals surface area contributed by atoms with E-state index in [4.69, 9.17) is 13.9 Å². The van der Waals surface area contributed by atoms with E-state index in [2.05, 4.69) is 52.3 Å². The molecule has 0 aromatic heterocycles. The topological polar surface area (TPSA) is 114 Å². The van der Waals surface area contributed by atoms with E-state index in [0.717, 1.165) is 0 Å². The van der Waals surface area contributed by atoms with E-state index < -0.39 is 20.5 Å². The van der Waals surface area contributed by atoms with Crippen LogP contribution in [-0.4, -0.2) is 94.0 Å². The zero-order valence-corrected chi connectivity index (χ0v) is 24.5. The third-order valence-corrected chi connectivity index (χ3v) is 11.5. The first kappa shape index (κ1) is 32.4. The number of carbonyl (C=O) groups excluding carboxylic acids is 4. The maximum absolute atomic E-state index is 12.8. The summed E-state index contributed by atoms with van der Waals surface area (Å²) in [4.78, 5) is 52.2. The molecule has 10 nitrogen and oxygen atoms in total.